The maximum atomic E-state index is 11.9. The summed E-state index contributed by atoms with van der Waals surface area (Å²) in [6.07, 6.45) is -0.591. The van der Waals surface area contributed by atoms with Crippen LogP contribution in [0.4, 0.5) is 0 Å². The Bertz CT molecular complexity index is 735. The fourth-order valence-electron chi connectivity index (χ4n) is 2.30. The molecule has 1 aliphatic heterocycles. The van der Waals surface area contributed by atoms with Gasteiger partial charge in [-0.1, -0.05) is 23.7 Å². The SMILES string of the molecule is O=C(Cc1ccc(Cl)cc1)NC[C@H](O)COc1ccc2c(c1)OCO2. The van der Waals surface area contributed by atoms with Gasteiger partial charge in [-0.3, -0.25) is 4.79 Å². The van der Waals surface area contributed by atoms with Gasteiger partial charge in [-0.2, -0.15) is 0 Å². The molecule has 0 unspecified atom stereocenters. The maximum Gasteiger partial charge on any atom is 0.231 e. The van der Waals surface area contributed by atoms with Crippen molar-refractivity contribution in [1.82, 2.24) is 5.32 Å². The fourth-order valence-corrected chi connectivity index (χ4v) is 2.43. The summed E-state index contributed by atoms with van der Waals surface area (Å²) < 4.78 is 16.0. The number of amides is 1. The molecular formula is C18H18ClNO5. The van der Waals surface area contributed by atoms with Crippen LogP contribution in [-0.2, 0) is 11.2 Å². The zero-order valence-corrected chi connectivity index (χ0v) is 14.2. The highest BCUT2D eigenvalue weighted by Gasteiger charge is 2.14. The molecule has 1 amide bonds. The van der Waals surface area contributed by atoms with Gasteiger partial charge in [0.1, 0.15) is 18.5 Å². The Morgan fingerprint density at radius 3 is 2.76 bits per heavy atom. The molecule has 2 N–H and O–H groups in total. The molecule has 0 fully saturated rings. The van der Waals surface area contributed by atoms with Gasteiger partial charge in [-0.15, -0.1) is 0 Å². The van der Waals surface area contributed by atoms with E-state index in [1.165, 1.54) is 0 Å². The van der Waals surface area contributed by atoms with Gasteiger partial charge in [0, 0.05) is 17.6 Å². The minimum atomic E-state index is -0.820. The lowest BCUT2D eigenvalue weighted by molar-refractivity contribution is -0.121. The van der Waals surface area contributed by atoms with Crippen LogP contribution in [0.5, 0.6) is 17.2 Å². The number of aliphatic hydroxyl groups is 1. The van der Waals surface area contributed by atoms with Crippen LogP contribution in [0.2, 0.25) is 5.02 Å². The first-order valence-corrected chi connectivity index (χ1v) is 8.19. The van der Waals surface area contributed by atoms with E-state index in [4.69, 9.17) is 25.8 Å². The monoisotopic (exact) mass is 363 g/mol. The molecule has 0 saturated heterocycles. The number of carbonyl (C=O) groups is 1. The molecular weight excluding hydrogens is 346 g/mol. The molecule has 3 rings (SSSR count). The molecule has 0 aromatic heterocycles. The van der Waals surface area contributed by atoms with Crippen molar-refractivity contribution in [1.29, 1.82) is 0 Å². The summed E-state index contributed by atoms with van der Waals surface area (Å²) in [6.45, 7) is 0.360. The lowest BCUT2D eigenvalue weighted by Gasteiger charge is -2.13. The Balaban J connectivity index is 1.39. The summed E-state index contributed by atoms with van der Waals surface area (Å²) in [5.74, 6) is 1.67. The number of nitrogens with one attached hydrogen (secondary N) is 1. The molecule has 0 bridgehead atoms. The molecule has 0 radical (unpaired) electrons. The van der Waals surface area contributed by atoms with Gasteiger partial charge in [0.05, 0.1) is 6.42 Å². The maximum absolute atomic E-state index is 11.9. The van der Waals surface area contributed by atoms with Gasteiger partial charge in [0.15, 0.2) is 11.5 Å². The molecule has 7 heteroatoms. The molecule has 1 atom stereocenters. The lowest BCUT2D eigenvalue weighted by Crippen LogP contribution is -2.36. The number of hydrogen-bond donors (Lipinski definition) is 2. The first-order valence-electron chi connectivity index (χ1n) is 7.82. The zero-order chi connectivity index (χ0) is 17.6. The van der Waals surface area contributed by atoms with Crippen molar-refractivity contribution in [2.24, 2.45) is 0 Å². The van der Waals surface area contributed by atoms with Crippen molar-refractivity contribution in [2.45, 2.75) is 12.5 Å². The Morgan fingerprint density at radius 2 is 1.96 bits per heavy atom. The normalized spacial score (nSPS) is 13.4. The van der Waals surface area contributed by atoms with E-state index >= 15 is 0 Å². The van der Waals surface area contributed by atoms with Crippen molar-refractivity contribution in [3.05, 3.63) is 53.1 Å². The van der Waals surface area contributed by atoms with Gasteiger partial charge in [0.25, 0.3) is 0 Å². The first kappa shape index (κ1) is 17.4. The van der Waals surface area contributed by atoms with Crippen molar-refractivity contribution in [2.75, 3.05) is 19.9 Å². The highest BCUT2D eigenvalue weighted by molar-refractivity contribution is 6.30. The summed E-state index contributed by atoms with van der Waals surface area (Å²) in [4.78, 5) is 11.9. The smallest absolute Gasteiger partial charge is 0.231 e. The number of fused-ring (bicyclic) bond motifs is 1. The Kier molecular flexibility index (Phi) is 5.63. The van der Waals surface area contributed by atoms with Crippen LogP contribution >= 0.6 is 11.6 Å². The number of halogens is 1. The lowest BCUT2D eigenvalue weighted by atomic mass is 10.1. The number of rotatable bonds is 7. The summed E-state index contributed by atoms with van der Waals surface area (Å²) in [5.41, 5.74) is 0.855. The average Bonchev–Trinajstić information content (AvgIpc) is 3.08. The second-order valence-electron chi connectivity index (χ2n) is 5.59. The van der Waals surface area contributed by atoms with Gasteiger partial charge in [-0.05, 0) is 29.8 Å². The van der Waals surface area contributed by atoms with E-state index in [-0.39, 0.29) is 32.3 Å². The third-order valence-electron chi connectivity index (χ3n) is 3.60. The Hall–Kier alpha value is -2.44. The van der Waals surface area contributed by atoms with Crippen LogP contribution in [0.1, 0.15) is 5.56 Å². The molecule has 25 heavy (non-hydrogen) atoms. The molecule has 132 valence electrons. The Morgan fingerprint density at radius 1 is 1.20 bits per heavy atom. The van der Waals surface area contributed by atoms with Crippen LogP contribution in [0.3, 0.4) is 0 Å². The molecule has 2 aromatic rings. The first-order chi connectivity index (χ1) is 12.1. The van der Waals surface area contributed by atoms with Crippen LogP contribution in [0, 0.1) is 0 Å². The van der Waals surface area contributed by atoms with Crippen molar-refractivity contribution in [3.8, 4) is 17.2 Å². The standard InChI is InChI=1S/C18H18ClNO5/c19-13-3-1-12(2-4-13)7-18(22)20-9-14(21)10-23-15-5-6-16-17(8-15)25-11-24-16/h1-6,8,14,21H,7,9-11H2,(H,20,22)/t14-/m0/s1. The van der Waals surface area contributed by atoms with Crippen LogP contribution in [-0.4, -0.2) is 37.1 Å². The van der Waals surface area contributed by atoms with Crippen molar-refractivity contribution in [3.63, 3.8) is 0 Å². The molecule has 0 spiro atoms. The summed E-state index contributed by atoms with van der Waals surface area (Å²) >= 11 is 5.81. The van der Waals surface area contributed by atoms with Gasteiger partial charge >= 0.3 is 0 Å². The van der Waals surface area contributed by atoms with Gasteiger partial charge in [-0.25, -0.2) is 0 Å². The number of ether oxygens (including phenoxy) is 3. The number of carbonyl (C=O) groups excluding carboxylic acids is 1. The fraction of sp³-hybridized carbons (Fsp3) is 0.278. The van der Waals surface area contributed by atoms with Crippen LogP contribution < -0.4 is 19.5 Å². The van der Waals surface area contributed by atoms with E-state index in [1.807, 2.05) is 0 Å². The highest BCUT2D eigenvalue weighted by atomic mass is 35.5. The van der Waals surface area contributed by atoms with Gasteiger partial charge < -0.3 is 24.6 Å². The molecule has 2 aromatic carbocycles. The Labute approximate surface area is 150 Å². The molecule has 1 aliphatic rings. The number of aliphatic hydroxyl groups excluding tert-OH is 1. The molecule has 0 saturated carbocycles. The minimum Gasteiger partial charge on any atom is -0.491 e. The van der Waals surface area contributed by atoms with Crippen LogP contribution in [0.25, 0.3) is 0 Å². The number of benzene rings is 2. The van der Waals surface area contributed by atoms with E-state index in [1.54, 1.807) is 42.5 Å². The van der Waals surface area contributed by atoms with Gasteiger partial charge in [0.2, 0.25) is 12.7 Å². The second kappa shape index (κ2) is 8.09. The number of hydrogen-bond acceptors (Lipinski definition) is 5. The van der Waals surface area contributed by atoms with E-state index in [9.17, 15) is 9.90 Å². The van der Waals surface area contributed by atoms with E-state index in [0.717, 1.165) is 5.56 Å². The van der Waals surface area contributed by atoms with E-state index < -0.39 is 6.10 Å². The van der Waals surface area contributed by atoms with E-state index in [2.05, 4.69) is 5.32 Å². The highest BCUT2D eigenvalue weighted by Crippen LogP contribution is 2.35. The topological polar surface area (TPSA) is 77.0 Å². The predicted molar refractivity (Wildman–Crippen MR) is 92.2 cm³/mol. The second-order valence-corrected chi connectivity index (χ2v) is 6.02. The van der Waals surface area contributed by atoms with Crippen molar-refractivity contribution >= 4 is 17.5 Å². The quantitative estimate of drug-likeness (QED) is 0.788. The third-order valence-corrected chi connectivity index (χ3v) is 3.85. The summed E-state index contributed by atoms with van der Waals surface area (Å²) in [6, 6.07) is 12.2. The third kappa shape index (κ3) is 5.01. The molecule has 1 heterocycles. The van der Waals surface area contributed by atoms with E-state index in [0.29, 0.717) is 22.3 Å². The van der Waals surface area contributed by atoms with Crippen molar-refractivity contribution < 1.29 is 24.1 Å². The average molecular weight is 364 g/mol. The minimum absolute atomic E-state index is 0.0564. The van der Waals surface area contributed by atoms with Crippen LogP contribution in [0.15, 0.2) is 42.5 Å². The predicted octanol–water partition coefficient (Wildman–Crippen LogP) is 2.17. The summed E-state index contributed by atoms with van der Waals surface area (Å²) in [7, 11) is 0. The molecule has 6 nitrogen and oxygen atoms in total. The largest absolute Gasteiger partial charge is 0.491 e. The zero-order valence-electron chi connectivity index (χ0n) is 13.4. The summed E-state index contributed by atoms with van der Waals surface area (Å²) in [5, 5.41) is 13.2. The molecule has 0 aliphatic carbocycles.